The summed E-state index contributed by atoms with van der Waals surface area (Å²) in [6.07, 6.45) is 1.75. The van der Waals surface area contributed by atoms with E-state index < -0.39 is 0 Å². The van der Waals surface area contributed by atoms with Gasteiger partial charge in [-0.2, -0.15) is 5.10 Å². The largest absolute Gasteiger partial charge is 0.270 e. The Hall–Kier alpha value is -0.830. The second-order valence-corrected chi connectivity index (χ2v) is 5.92. The molecule has 1 atom stereocenters. The van der Waals surface area contributed by atoms with Gasteiger partial charge in [-0.3, -0.25) is 10.5 Å². The Morgan fingerprint density at radius 1 is 1.50 bits per heavy atom. The second kappa shape index (κ2) is 5.43. The molecule has 6 nitrogen and oxygen atoms in total. The first-order chi connectivity index (χ1) is 8.56. The van der Waals surface area contributed by atoms with Crippen LogP contribution in [0.4, 0.5) is 0 Å². The molecule has 2 aromatic heterocycles. The van der Waals surface area contributed by atoms with Gasteiger partial charge in [-0.1, -0.05) is 18.3 Å². The van der Waals surface area contributed by atoms with Gasteiger partial charge in [0.1, 0.15) is 6.04 Å². The topological polar surface area (TPSA) is 81.7 Å². The average molecular weight is 331 g/mol. The third-order valence-corrected chi connectivity index (χ3v) is 4.14. The third kappa shape index (κ3) is 2.33. The van der Waals surface area contributed by atoms with Gasteiger partial charge in [0, 0.05) is 7.05 Å². The third-order valence-electron chi connectivity index (χ3n) is 2.73. The summed E-state index contributed by atoms with van der Waals surface area (Å²) in [6, 6.07) is -0.163. The number of rotatable bonds is 4. The lowest BCUT2D eigenvalue weighted by atomic mass is 10.0. The van der Waals surface area contributed by atoms with Crippen molar-refractivity contribution in [2.75, 3.05) is 0 Å². The van der Waals surface area contributed by atoms with Crippen LogP contribution in [0.5, 0.6) is 0 Å². The summed E-state index contributed by atoms with van der Waals surface area (Å²) in [4.78, 5) is 1.02. The molecule has 0 aliphatic carbocycles. The molecular formula is C10H15BrN6S. The van der Waals surface area contributed by atoms with Crippen LogP contribution in [-0.2, 0) is 7.05 Å². The van der Waals surface area contributed by atoms with Crippen molar-refractivity contribution in [2.24, 2.45) is 12.9 Å². The predicted molar refractivity (Wildman–Crippen MR) is 74.1 cm³/mol. The lowest BCUT2D eigenvalue weighted by Gasteiger charge is -2.17. The maximum absolute atomic E-state index is 5.70. The van der Waals surface area contributed by atoms with Gasteiger partial charge in [0.15, 0.2) is 0 Å². The van der Waals surface area contributed by atoms with E-state index in [9.17, 15) is 0 Å². The van der Waals surface area contributed by atoms with Crippen LogP contribution >= 0.6 is 27.5 Å². The Bertz CT molecular complexity index is 515. The Morgan fingerprint density at radius 2 is 2.22 bits per heavy atom. The fraction of sp³-hybridized carbons (Fsp3) is 0.500. The molecule has 8 heteroatoms. The molecule has 0 aliphatic rings. The van der Waals surface area contributed by atoms with Crippen molar-refractivity contribution in [3.8, 4) is 0 Å². The summed E-state index contributed by atoms with van der Waals surface area (Å²) in [5, 5.41) is 8.39. The SMILES string of the molecule is CC(C)c1nnsc1C(NN)c1c(Br)cnn1C. The van der Waals surface area contributed by atoms with Gasteiger partial charge in [0.25, 0.3) is 0 Å². The van der Waals surface area contributed by atoms with Gasteiger partial charge in [0.2, 0.25) is 0 Å². The van der Waals surface area contributed by atoms with Gasteiger partial charge in [-0.15, -0.1) is 5.10 Å². The molecule has 0 bridgehead atoms. The first-order valence-corrected chi connectivity index (χ1v) is 7.08. The fourth-order valence-electron chi connectivity index (χ4n) is 1.83. The van der Waals surface area contributed by atoms with E-state index >= 15 is 0 Å². The number of hydrazine groups is 1. The summed E-state index contributed by atoms with van der Waals surface area (Å²) in [7, 11) is 1.88. The first-order valence-electron chi connectivity index (χ1n) is 5.52. The summed E-state index contributed by atoms with van der Waals surface area (Å²) in [5.41, 5.74) is 4.76. The molecule has 0 aliphatic heterocycles. The quantitative estimate of drug-likeness (QED) is 0.658. The smallest absolute Gasteiger partial charge is 0.102 e. The number of aryl methyl sites for hydroxylation is 1. The highest BCUT2D eigenvalue weighted by atomic mass is 79.9. The van der Waals surface area contributed by atoms with Crippen LogP contribution in [0.3, 0.4) is 0 Å². The number of nitrogens with one attached hydrogen (secondary N) is 1. The van der Waals surface area contributed by atoms with E-state index in [0.717, 1.165) is 20.7 Å². The zero-order chi connectivity index (χ0) is 13.3. The summed E-state index contributed by atoms with van der Waals surface area (Å²) >= 11 is 4.85. The molecule has 3 N–H and O–H groups in total. The van der Waals surface area contributed by atoms with Crippen molar-refractivity contribution >= 4 is 27.5 Å². The normalized spacial score (nSPS) is 13.2. The van der Waals surface area contributed by atoms with Gasteiger partial charge >= 0.3 is 0 Å². The molecule has 2 heterocycles. The zero-order valence-corrected chi connectivity index (χ0v) is 12.8. The van der Waals surface area contributed by atoms with Crippen molar-refractivity contribution in [1.82, 2.24) is 24.8 Å². The Morgan fingerprint density at radius 3 is 2.72 bits per heavy atom. The molecule has 2 aromatic rings. The lowest BCUT2D eigenvalue weighted by molar-refractivity contribution is 0.572. The summed E-state index contributed by atoms with van der Waals surface area (Å²) < 4.78 is 6.74. The maximum atomic E-state index is 5.70. The highest BCUT2D eigenvalue weighted by Crippen LogP contribution is 2.33. The molecule has 0 amide bonds. The summed E-state index contributed by atoms with van der Waals surface area (Å²) in [5.74, 6) is 6.01. The van der Waals surface area contributed by atoms with Gasteiger partial charge in [-0.05, 0) is 33.4 Å². The maximum Gasteiger partial charge on any atom is 0.102 e. The van der Waals surface area contributed by atoms with Crippen LogP contribution < -0.4 is 11.3 Å². The van der Waals surface area contributed by atoms with Crippen LogP contribution in [-0.4, -0.2) is 19.4 Å². The minimum atomic E-state index is -0.163. The minimum absolute atomic E-state index is 0.163. The second-order valence-electron chi connectivity index (χ2n) is 4.28. The van der Waals surface area contributed by atoms with Crippen LogP contribution in [0.15, 0.2) is 10.7 Å². The molecule has 0 aromatic carbocycles. The van der Waals surface area contributed by atoms with Crippen LogP contribution in [0.1, 0.15) is 42.1 Å². The standard InChI is InChI=1S/C10H15BrN6S/c1-5(2)7-10(18-16-15-7)8(14-12)9-6(11)4-13-17(9)3/h4-5,8,14H,12H2,1-3H3. The molecule has 0 saturated carbocycles. The van der Waals surface area contributed by atoms with E-state index in [4.69, 9.17) is 5.84 Å². The molecule has 18 heavy (non-hydrogen) atoms. The molecule has 0 saturated heterocycles. The predicted octanol–water partition coefficient (Wildman–Crippen LogP) is 1.71. The number of halogens is 1. The Balaban J connectivity index is 2.49. The van der Waals surface area contributed by atoms with Gasteiger partial charge < -0.3 is 0 Å². The van der Waals surface area contributed by atoms with Crippen molar-refractivity contribution in [3.63, 3.8) is 0 Å². The highest BCUT2D eigenvalue weighted by molar-refractivity contribution is 9.10. The molecule has 2 rings (SSSR count). The zero-order valence-electron chi connectivity index (χ0n) is 10.4. The molecule has 98 valence electrons. The monoisotopic (exact) mass is 330 g/mol. The number of aromatic nitrogens is 4. The van der Waals surface area contributed by atoms with E-state index in [1.807, 2.05) is 7.05 Å². The number of nitrogens with two attached hydrogens (primary N) is 1. The number of hydrogen-bond donors (Lipinski definition) is 2. The molecule has 1 unspecified atom stereocenters. The molecular weight excluding hydrogens is 316 g/mol. The number of nitrogens with zero attached hydrogens (tertiary/aromatic N) is 4. The molecule has 0 radical (unpaired) electrons. The van der Waals surface area contributed by atoms with Crippen LogP contribution in [0, 0.1) is 0 Å². The van der Waals surface area contributed by atoms with E-state index in [-0.39, 0.29) is 6.04 Å². The van der Waals surface area contributed by atoms with E-state index in [1.54, 1.807) is 10.9 Å². The van der Waals surface area contributed by atoms with Crippen LogP contribution in [0.25, 0.3) is 0 Å². The average Bonchev–Trinajstić information content (AvgIpc) is 2.91. The highest BCUT2D eigenvalue weighted by Gasteiger charge is 2.26. The Labute approximate surface area is 118 Å². The van der Waals surface area contributed by atoms with Crippen molar-refractivity contribution < 1.29 is 0 Å². The molecule has 0 fully saturated rings. The van der Waals surface area contributed by atoms with Crippen LogP contribution in [0.2, 0.25) is 0 Å². The van der Waals surface area contributed by atoms with Crippen molar-refractivity contribution in [2.45, 2.75) is 25.8 Å². The minimum Gasteiger partial charge on any atom is -0.270 e. The Kier molecular flexibility index (Phi) is 4.10. The van der Waals surface area contributed by atoms with Gasteiger partial charge in [0.05, 0.1) is 26.9 Å². The number of hydrogen-bond acceptors (Lipinski definition) is 6. The van der Waals surface area contributed by atoms with E-state index in [0.29, 0.717) is 5.92 Å². The van der Waals surface area contributed by atoms with Crippen molar-refractivity contribution in [3.05, 3.63) is 26.9 Å². The first kappa shape index (κ1) is 13.6. The molecule has 0 spiro atoms. The fourth-order valence-corrected chi connectivity index (χ4v) is 3.28. The van der Waals surface area contributed by atoms with E-state index in [2.05, 4.69) is 49.9 Å². The summed E-state index contributed by atoms with van der Waals surface area (Å²) in [6.45, 7) is 4.18. The van der Waals surface area contributed by atoms with Gasteiger partial charge in [-0.25, -0.2) is 5.43 Å². The van der Waals surface area contributed by atoms with Crippen molar-refractivity contribution in [1.29, 1.82) is 0 Å². The van der Waals surface area contributed by atoms with E-state index in [1.165, 1.54) is 11.5 Å². The lowest BCUT2D eigenvalue weighted by Crippen LogP contribution is -2.30.